The summed E-state index contributed by atoms with van der Waals surface area (Å²) in [6, 6.07) is 0. The molecule has 0 spiro atoms. The number of piperidine rings is 1. The van der Waals surface area contributed by atoms with Gasteiger partial charge in [0.25, 0.3) is 5.91 Å². The molecule has 1 amide bonds. The molecule has 0 bridgehead atoms. The van der Waals surface area contributed by atoms with E-state index in [1.807, 2.05) is 4.90 Å². The van der Waals surface area contributed by atoms with Gasteiger partial charge in [-0.15, -0.1) is 11.3 Å². The lowest BCUT2D eigenvalue weighted by Crippen LogP contribution is -2.49. The fraction of sp³-hybridized carbons (Fsp3) is 0.647. The minimum atomic E-state index is -0.309. The molecule has 2 aromatic rings. The van der Waals surface area contributed by atoms with Gasteiger partial charge in [0.15, 0.2) is 5.82 Å². The molecular formula is C17H22N4O3S. The highest BCUT2D eigenvalue weighted by Gasteiger charge is 2.43. The monoisotopic (exact) mass is 362 g/mol. The Labute approximate surface area is 150 Å². The summed E-state index contributed by atoms with van der Waals surface area (Å²) in [6.45, 7) is 1.92. The van der Waals surface area contributed by atoms with E-state index in [0.717, 1.165) is 50.4 Å². The molecule has 7 nitrogen and oxygen atoms in total. The molecule has 134 valence electrons. The number of methoxy groups -OCH3 is 1. The van der Waals surface area contributed by atoms with Gasteiger partial charge < -0.3 is 14.2 Å². The van der Waals surface area contributed by atoms with Crippen LogP contribution in [0.2, 0.25) is 0 Å². The van der Waals surface area contributed by atoms with Gasteiger partial charge in [0.2, 0.25) is 5.89 Å². The average molecular weight is 362 g/mol. The van der Waals surface area contributed by atoms with Crippen LogP contribution in [0.25, 0.3) is 0 Å². The molecule has 1 saturated heterocycles. The number of thiazole rings is 1. The van der Waals surface area contributed by atoms with Gasteiger partial charge in [0.05, 0.1) is 10.9 Å². The maximum Gasteiger partial charge on any atom is 0.273 e. The third kappa shape index (κ3) is 3.32. The number of likely N-dealkylation sites (tertiary alicyclic amines) is 1. The molecule has 2 aliphatic rings. The van der Waals surface area contributed by atoms with Crippen molar-refractivity contribution in [2.45, 2.75) is 43.4 Å². The molecule has 25 heavy (non-hydrogen) atoms. The third-order valence-electron chi connectivity index (χ3n) is 5.14. The zero-order valence-electron chi connectivity index (χ0n) is 14.3. The quantitative estimate of drug-likeness (QED) is 0.786. The van der Waals surface area contributed by atoms with Gasteiger partial charge in [0.1, 0.15) is 5.69 Å². The molecule has 1 aliphatic heterocycles. The summed E-state index contributed by atoms with van der Waals surface area (Å²) in [5, 5.41) is 6.09. The summed E-state index contributed by atoms with van der Waals surface area (Å²) >= 11 is 1.44. The highest BCUT2D eigenvalue weighted by molar-refractivity contribution is 7.07. The summed E-state index contributed by atoms with van der Waals surface area (Å²) in [5.74, 6) is 1.88. The number of rotatable bonds is 6. The maximum absolute atomic E-state index is 12.8. The first kappa shape index (κ1) is 16.7. The lowest BCUT2D eigenvalue weighted by Gasteiger charge is -2.40. The largest absolute Gasteiger partial charge is 0.385 e. The molecule has 1 unspecified atom stereocenters. The van der Waals surface area contributed by atoms with E-state index in [4.69, 9.17) is 14.2 Å². The van der Waals surface area contributed by atoms with Crippen molar-refractivity contribution < 1.29 is 14.1 Å². The lowest BCUT2D eigenvalue weighted by molar-refractivity contribution is 0.0562. The first-order chi connectivity index (χ1) is 12.2. The van der Waals surface area contributed by atoms with Crippen molar-refractivity contribution in [3.8, 4) is 0 Å². The number of hydrogen-bond donors (Lipinski definition) is 0. The van der Waals surface area contributed by atoms with Crippen LogP contribution in [0.3, 0.4) is 0 Å². The lowest BCUT2D eigenvalue weighted by atomic mass is 9.76. The molecule has 0 aromatic carbocycles. The molecule has 8 heteroatoms. The number of aromatic nitrogens is 3. The molecule has 1 saturated carbocycles. The topological polar surface area (TPSA) is 81.4 Å². The molecule has 2 aromatic heterocycles. The van der Waals surface area contributed by atoms with Crippen LogP contribution in [-0.2, 0) is 10.2 Å². The van der Waals surface area contributed by atoms with Crippen LogP contribution in [0.4, 0.5) is 0 Å². The van der Waals surface area contributed by atoms with Gasteiger partial charge in [-0.05, 0) is 32.1 Å². The molecule has 2 fully saturated rings. The SMILES string of the molecule is COCCC1(c2noc(C3CC3)n2)CCCN(C(=O)c2cscn2)C1. The standard InChI is InChI=1S/C17H22N4O3S/c1-23-8-6-17(16-19-14(24-20-16)12-3-4-12)5-2-7-21(10-17)15(22)13-9-25-11-18-13/h9,11-12H,2-8,10H2,1H3. The molecule has 4 rings (SSSR count). The first-order valence-corrected chi connectivity index (χ1v) is 9.67. The van der Waals surface area contributed by atoms with E-state index in [9.17, 15) is 4.79 Å². The summed E-state index contributed by atoms with van der Waals surface area (Å²) in [4.78, 5) is 23.5. The van der Waals surface area contributed by atoms with Gasteiger partial charge in [-0.1, -0.05) is 5.16 Å². The summed E-state index contributed by atoms with van der Waals surface area (Å²) in [7, 11) is 1.70. The Morgan fingerprint density at radius 3 is 3.12 bits per heavy atom. The number of carbonyl (C=O) groups is 1. The fourth-order valence-electron chi connectivity index (χ4n) is 3.53. The molecular weight excluding hydrogens is 340 g/mol. The Kier molecular flexibility index (Phi) is 4.56. The van der Waals surface area contributed by atoms with Crippen LogP contribution < -0.4 is 0 Å². The van der Waals surface area contributed by atoms with E-state index < -0.39 is 0 Å². The number of amides is 1. The predicted molar refractivity (Wildman–Crippen MR) is 91.7 cm³/mol. The Hall–Kier alpha value is -1.80. The van der Waals surface area contributed by atoms with Crippen molar-refractivity contribution in [1.82, 2.24) is 20.0 Å². The number of hydrogen-bond acceptors (Lipinski definition) is 7. The Morgan fingerprint density at radius 1 is 1.52 bits per heavy atom. The van der Waals surface area contributed by atoms with Gasteiger partial charge in [-0.2, -0.15) is 4.98 Å². The van der Waals surface area contributed by atoms with E-state index in [1.54, 1.807) is 18.0 Å². The molecule has 1 aliphatic carbocycles. The van der Waals surface area contributed by atoms with E-state index >= 15 is 0 Å². The van der Waals surface area contributed by atoms with Crippen molar-refractivity contribution in [2.75, 3.05) is 26.8 Å². The minimum absolute atomic E-state index is 0.0198. The normalized spacial score (nSPS) is 23.8. The van der Waals surface area contributed by atoms with E-state index in [-0.39, 0.29) is 11.3 Å². The number of ether oxygens (including phenoxy) is 1. The second kappa shape index (κ2) is 6.84. The van der Waals surface area contributed by atoms with Crippen LogP contribution in [0.15, 0.2) is 15.4 Å². The van der Waals surface area contributed by atoms with Crippen molar-refractivity contribution >= 4 is 17.2 Å². The van der Waals surface area contributed by atoms with Crippen LogP contribution in [0, 0.1) is 0 Å². The Bertz CT molecular complexity index is 728. The van der Waals surface area contributed by atoms with Crippen molar-refractivity contribution in [3.05, 3.63) is 28.3 Å². The van der Waals surface area contributed by atoms with Crippen molar-refractivity contribution in [2.24, 2.45) is 0 Å². The van der Waals surface area contributed by atoms with Crippen molar-refractivity contribution in [1.29, 1.82) is 0 Å². The number of nitrogens with zero attached hydrogens (tertiary/aromatic N) is 4. The molecule has 0 radical (unpaired) electrons. The highest BCUT2D eigenvalue weighted by Crippen LogP contribution is 2.41. The first-order valence-electron chi connectivity index (χ1n) is 8.72. The second-order valence-corrected chi connectivity index (χ2v) is 7.68. The average Bonchev–Trinajstić information content (AvgIpc) is 3.14. The summed E-state index contributed by atoms with van der Waals surface area (Å²) < 4.78 is 10.8. The smallest absolute Gasteiger partial charge is 0.273 e. The molecule has 0 N–H and O–H groups in total. The van der Waals surface area contributed by atoms with Crippen molar-refractivity contribution in [3.63, 3.8) is 0 Å². The second-order valence-electron chi connectivity index (χ2n) is 6.96. The van der Waals surface area contributed by atoms with Gasteiger partial charge in [0, 0.05) is 38.1 Å². The van der Waals surface area contributed by atoms with E-state index in [0.29, 0.717) is 24.8 Å². The zero-order valence-corrected chi connectivity index (χ0v) is 15.1. The van der Waals surface area contributed by atoms with Gasteiger partial charge in [-0.3, -0.25) is 4.79 Å². The van der Waals surface area contributed by atoms with Gasteiger partial charge in [-0.25, -0.2) is 4.98 Å². The fourth-order valence-corrected chi connectivity index (χ4v) is 4.05. The summed E-state index contributed by atoms with van der Waals surface area (Å²) in [5.41, 5.74) is 1.90. The van der Waals surface area contributed by atoms with Crippen LogP contribution in [0.5, 0.6) is 0 Å². The van der Waals surface area contributed by atoms with Gasteiger partial charge >= 0.3 is 0 Å². The minimum Gasteiger partial charge on any atom is -0.385 e. The van der Waals surface area contributed by atoms with Crippen LogP contribution in [0.1, 0.15) is 60.2 Å². The third-order valence-corrected chi connectivity index (χ3v) is 5.73. The summed E-state index contributed by atoms with van der Waals surface area (Å²) in [6.07, 6.45) is 4.87. The maximum atomic E-state index is 12.8. The number of carbonyl (C=O) groups excluding carboxylic acids is 1. The van der Waals surface area contributed by atoms with Crippen LogP contribution in [-0.4, -0.2) is 52.7 Å². The Balaban J connectivity index is 1.59. The van der Waals surface area contributed by atoms with E-state index in [2.05, 4.69) is 10.1 Å². The van der Waals surface area contributed by atoms with Crippen LogP contribution >= 0.6 is 11.3 Å². The van der Waals surface area contributed by atoms with E-state index in [1.165, 1.54) is 11.3 Å². The predicted octanol–water partition coefficient (Wildman–Crippen LogP) is 2.61. The Morgan fingerprint density at radius 2 is 2.40 bits per heavy atom. The zero-order chi connectivity index (χ0) is 17.3. The molecule has 3 heterocycles. The highest BCUT2D eigenvalue weighted by atomic mass is 32.1. The molecule has 1 atom stereocenters.